The number of rotatable bonds is 5. The van der Waals surface area contributed by atoms with Crippen LogP contribution in [0.3, 0.4) is 0 Å². The Hall–Kier alpha value is -2.24. The van der Waals surface area contributed by atoms with Crippen molar-refractivity contribution in [1.82, 2.24) is 5.32 Å². The summed E-state index contributed by atoms with van der Waals surface area (Å²) in [4.78, 5) is 23.3. The smallest absolute Gasteiger partial charge is 0.408 e. The molecule has 0 saturated heterocycles. The van der Waals surface area contributed by atoms with Crippen molar-refractivity contribution in [2.45, 2.75) is 38.8 Å². The van der Waals surface area contributed by atoms with Gasteiger partial charge in [-0.05, 0) is 32.4 Å². The number of ether oxygens (including phenoxy) is 2. The van der Waals surface area contributed by atoms with Gasteiger partial charge in [0.05, 0.1) is 7.11 Å². The number of methoxy groups -OCH3 is 1. The lowest BCUT2D eigenvalue weighted by atomic mass is 10.0. The van der Waals surface area contributed by atoms with Gasteiger partial charge >= 0.3 is 6.09 Å². The summed E-state index contributed by atoms with van der Waals surface area (Å²) in [5.74, 6) is 0.00139. The van der Waals surface area contributed by atoms with Crippen molar-refractivity contribution in [3.05, 3.63) is 29.8 Å². The molecule has 1 rings (SSSR count). The number of hydrogen-bond donors (Lipinski definition) is 2. The van der Waals surface area contributed by atoms with Crippen molar-refractivity contribution in [3.63, 3.8) is 0 Å². The number of alkyl carbamates (subject to hydrolysis) is 1. The Morgan fingerprint density at radius 1 is 1.29 bits per heavy atom. The Morgan fingerprint density at radius 3 is 2.43 bits per heavy atom. The van der Waals surface area contributed by atoms with Crippen LogP contribution in [0.15, 0.2) is 24.3 Å². The predicted molar refractivity (Wildman–Crippen MR) is 79.1 cm³/mol. The van der Waals surface area contributed by atoms with Gasteiger partial charge in [0.1, 0.15) is 17.4 Å². The number of hydrogen-bond acceptors (Lipinski definition) is 4. The molecule has 0 fully saturated rings. The maximum Gasteiger partial charge on any atom is 0.408 e. The fourth-order valence-electron chi connectivity index (χ4n) is 1.76. The monoisotopic (exact) mass is 294 g/mol. The minimum atomic E-state index is -0.865. The van der Waals surface area contributed by atoms with Crippen LogP contribution in [0.2, 0.25) is 0 Å². The second kappa shape index (κ2) is 6.97. The van der Waals surface area contributed by atoms with Crippen molar-refractivity contribution >= 4 is 12.0 Å². The van der Waals surface area contributed by atoms with Gasteiger partial charge < -0.3 is 20.5 Å². The molecule has 6 heteroatoms. The summed E-state index contributed by atoms with van der Waals surface area (Å²) < 4.78 is 10.3. The third-order valence-corrected chi connectivity index (χ3v) is 2.65. The first kappa shape index (κ1) is 16.8. The normalized spacial score (nSPS) is 12.4. The lowest BCUT2D eigenvalue weighted by Crippen LogP contribution is -2.47. The number of carbonyl (C=O) groups excluding carboxylic acids is 2. The summed E-state index contributed by atoms with van der Waals surface area (Å²) in [5, 5.41) is 2.48. The first-order valence-corrected chi connectivity index (χ1v) is 6.63. The number of primary amides is 1. The van der Waals surface area contributed by atoms with Crippen LogP contribution in [0.25, 0.3) is 0 Å². The highest BCUT2D eigenvalue weighted by Crippen LogP contribution is 2.19. The first-order valence-electron chi connectivity index (χ1n) is 6.63. The molecule has 0 bridgehead atoms. The van der Waals surface area contributed by atoms with E-state index in [4.69, 9.17) is 15.2 Å². The highest BCUT2D eigenvalue weighted by molar-refractivity contribution is 5.84. The fourth-order valence-corrected chi connectivity index (χ4v) is 1.76. The summed E-state index contributed by atoms with van der Waals surface area (Å²) in [7, 11) is 1.54. The van der Waals surface area contributed by atoms with E-state index in [0.29, 0.717) is 5.75 Å². The van der Waals surface area contributed by atoms with Gasteiger partial charge in [0.15, 0.2) is 0 Å². The van der Waals surface area contributed by atoms with Crippen molar-refractivity contribution in [1.29, 1.82) is 0 Å². The maximum absolute atomic E-state index is 11.7. The van der Waals surface area contributed by atoms with E-state index in [9.17, 15) is 9.59 Å². The second-order valence-electron chi connectivity index (χ2n) is 5.62. The Balaban J connectivity index is 2.79. The van der Waals surface area contributed by atoms with Crippen LogP contribution < -0.4 is 15.8 Å². The lowest BCUT2D eigenvalue weighted by Gasteiger charge is -2.22. The zero-order valence-corrected chi connectivity index (χ0v) is 12.8. The molecule has 116 valence electrons. The molecule has 1 atom stereocenters. The number of nitrogens with one attached hydrogen (secondary N) is 1. The highest BCUT2D eigenvalue weighted by atomic mass is 16.6. The molecule has 0 aliphatic carbocycles. The Bertz CT molecular complexity index is 509. The first-order chi connectivity index (χ1) is 9.73. The SMILES string of the molecule is COc1ccccc1C[C@@H](NC(=O)OC(C)(C)C)C(N)=O. The fraction of sp³-hybridized carbons (Fsp3) is 0.467. The summed E-state index contributed by atoms with van der Waals surface area (Å²) in [6.07, 6.45) is -0.445. The van der Waals surface area contributed by atoms with Crippen LogP contribution in [0, 0.1) is 0 Å². The second-order valence-corrected chi connectivity index (χ2v) is 5.62. The third-order valence-electron chi connectivity index (χ3n) is 2.65. The van der Waals surface area contributed by atoms with Gasteiger partial charge in [-0.1, -0.05) is 18.2 Å². The third kappa shape index (κ3) is 5.72. The molecule has 1 aromatic rings. The number of carbonyl (C=O) groups is 2. The molecule has 3 N–H and O–H groups in total. The molecule has 0 aromatic heterocycles. The van der Waals surface area contributed by atoms with Crippen LogP contribution >= 0.6 is 0 Å². The minimum Gasteiger partial charge on any atom is -0.496 e. The Labute approximate surface area is 124 Å². The molecular formula is C15H22N2O4. The Kier molecular flexibility index (Phi) is 5.58. The molecule has 6 nitrogen and oxygen atoms in total. The average Bonchev–Trinajstić information content (AvgIpc) is 2.36. The van der Waals surface area contributed by atoms with Crippen LogP contribution in [0.4, 0.5) is 4.79 Å². The van der Waals surface area contributed by atoms with Crippen LogP contribution in [-0.4, -0.2) is 30.8 Å². The topological polar surface area (TPSA) is 90.7 Å². The van der Waals surface area contributed by atoms with Gasteiger partial charge in [-0.25, -0.2) is 4.79 Å². The van der Waals surface area contributed by atoms with Gasteiger partial charge in [-0.3, -0.25) is 4.79 Å². The van der Waals surface area contributed by atoms with Crippen LogP contribution in [0.1, 0.15) is 26.3 Å². The number of amides is 2. The minimum absolute atomic E-state index is 0.235. The van der Waals surface area contributed by atoms with E-state index >= 15 is 0 Å². The van der Waals surface area contributed by atoms with E-state index in [0.717, 1.165) is 5.56 Å². The van der Waals surface area contributed by atoms with Crippen molar-refractivity contribution in [2.75, 3.05) is 7.11 Å². The maximum atomic E-state index is 11.7. The molecule has 0 saturated carbocycles. The average molecular weight is 294 g/mol. The van der Waals surface area contributed by atoms with Crippen molar-refractivity contribution in [2.24, 2.45) is 5.73 Å². The van der Waals surface area contributed by atoms with Crippen LogP contribution in [0.5, 0.6) is 5.75 Å². The molecule has 1 aromatic carbocycles. The quantitative estimate of drug-likeness (QED) is 0.863. The zero-order valence-electron chi connectivity index (χ0n) is 12.8. The van der Waals surface area contributed by atoms with E-state index in [-0.39, 0.29) is 6.42 Å². The summed E-state index contributed by atoms with van der Waals surface area (Å²) in [6.45, 7) is 5.23. The number of para-hydroxylation sites is 1. The number of nitrogens with two attached hydrogens (primary N) is 1. The van der Waals surface area contributed by atoms with Gasteiger partial charge in [0, 0.05) is 6.42 Å². The molecular weight excluding hydrogens is 272 g/mol. The standard InChI is InChI=1S/C15H22N2O4/c1-15(2,3)21-14(19)17-11(13(16)18)9-10-7-5-6-8-12(10)20-4/h5-8,11H,9H2,1-4H3,(H2,16,18)(H,17,19)/t11-/m1/s1. The molecule has 21 heavy (non-hydrogen) atoms. The van der Waals surface area contributed by atoms with Gasteiger partial charge in [-0.15, -0.1) is 0 Å². The Morgan fingerprint density at radius 2 is 1.90 bits per heavy atom. The van der Waals surface area contributed by atoms with E-state index in [1.54, 1.807) is 33.9 Å². The summed E-state index contributed by atoms with van der Waals surface area (Å²) >= 11 is 0. The molecule has 0 radical (unpaired) electrons. The highest BCUT2D eigenvalue weighted by Gasteiger charge is 2.23. The molecule has 0 aliphatic heterocycles. The predicted octanol–water partition coefficient (Wildman–Crippen LogP) is 1.62. The van der Waals surface area contributed by atoms with E-state index in [1.165, 1.54) is 0 Å². The van der Waals surface area contributed by atoms with Crippen molar-refractivity contribution < 1.29 is 19.1 Å². The van der Waals surface area contributed by atoms with Gasteiger partial charge in [-0.2, -0.15) is 0 Å². The van der Waals surface area contributed by atoms with Gasteiger partial charge in [0.2, 0.25) is 5.91 Å². The molecule has 0 unspecified atom stereocenters. The van der Waals surface area contributed by atoms with Gasteiger partial charge in [0.25, 0.3) is 0 Å². The van der Waals surface area contributed by atoms with E-state index in [1.807, 2.05) is 18.2 Å². The van der Waals surface area contributed by atoms with E-state index < -0.39 is 23.6 Å². The molecule has 0 heterocycles. The summed E-state index contributed by atoms with van der Waals surface area (Å²) in [6, 6.07) is 6.37. The molecule has 0 spiro atoms. The largest absolute Gasteiger partial charge is 0.496 e. The summed E-state index contributed by atoms with van der Waals surface area (Å²) in [5.41, 5.74) is 5.47. The molecule has 0 aliphatic rings. The zero-order chi connectivity index (χ0) is 16.0. The van der Waals surface area contributed by atoms with E-state index in [2.05, 4.69) is 5.32 Å². The number of benzene rings is 1. The van der Waals surface area contributed by atoms with Crippen molar-refractivity contribution in [3.8, 4) is 5.75 Å². The van der Waals surface area contributed by atoms with Crippen LogP contribution in [-0.2, 0) is 16.0 Å². The lowest BCUT2D eigenvalue weighted by molar-refractivity contribution is -0.120. The molecule has 2 amide bonds.